The summed E-state index contributed by atoms with van der Waals surface area (Å²) >= 11 is 0. The third-order valence-corrected chi connectivity index (χ3v) is 1.67. The first-order chi connectivity index (χ1) is 5.95. The second-order valence-electron chi connectivity index (χ2n) is 4.33. The molecular weight excluding hydrogens is 200 g/mol. The van der Waals surface area contributed by atoms with Crippen molar-refractivity contribution >= 4 is 6.29 Å². The van der Waals surface area contributed by atoms with Gasteiger partial charge in [-0.15, -0.1) is 0 Å². The van der Waals surface area contributed by atoms with Crippen LogP contribution >= 0.6 is 0 Å². The number of carbonyl (C=O) groups excluding carboxylic acids is 1. The highest BCUT2D eigenvalue weighted by molar-refractivity contribution is 5.71. The monoisotopic (exact) mass is 220 g/mol. The molecule has 0 unspecified atom stereocenters. The molecule has 0 atom stereocenters. The molecule has 0 aromatic heterocycles. The minimum absolute atomic E-state index is 0. The van der Waals surface area contributed by atoms with Gasteiger partial charge in [-0.25, -0.2) is 0 Å². The molecular formula is C10H21ClN2O. The van der Waals surface area contributed by atoms with Gasteiger partial charge in [0.1, 0.15) is 6.29 Å². The summed E-state index contributed by atoms with van der Waals surface area (Å²) in [5.41, 5.74) is 0.741. The summed E-state index contributed by atoms with van der Waals surface area (Å²) in [5.74, 6) is 0. The van der Waals surface area contributed by atoms with E-state index < -0.39 is 0 Å². The summed E-state index contributed by atoms with van der Waals surface area (Å²) in [7, 11) is 6.52. The lowest BCUT2D eigenvalue weighted by atomic mass is 10.3. The first-order valence-corrected chi connectivity index (χ1v) is 4.61. The molecule has 0 aliphatic rings. The van der Waals surface area contributed by atoms with Gasteiger partial charge in [-0.1, -0.05) is 0 Å². The van der Waals surface area contributed by atoms with Gasteiger partial charge in [0.15, 0.2) is 0 Å². The van der Waals surface area contributed by atoms with Gasteiger partial charge in [0, 0.05) is 24.7 Å². The quantitative estimate of drug-likeness (QED) is 0.238. The maximum Gasteiger partial charge on any atom is 0.147 e. The third-order valence-electron chi connectivity index (χ3n) is 1.67. The zero-order valence-electron chi connectivity index (χ0n) is 9.51. The third kappa shape index (κ3) is 11.5. The zero-order valence-corrected chi connectivity index (χ0v) is 10.3. The number of aldehydes is 1. The Morgan fingerprint density at radius 1 is 1.36 bits per heavy atom. The Kier molecular flexibility index (Phi) is 8.89. The number of nitrogens with one attached hydrogen (secondary N) is 1. The molecule has 0 rings (SSSR count). The second-order valence-corrected chi connectivity index (χ2v) is 4.33. The molecule has 0 bridgehead atoms. The number of halogens is 1. The fourth-order valence-corrected chi connectivity index (χ4v) is 0.923. The number of hydrogen-bond acceptors (Lipinski definition) is 2. The molecule has 0 saturated heterocycles. The highest BCUT2D eigenvalue weighted by atomic mass is 35.5. The lowest BCUT2D eigenvalue weighted by molar-refractivity contribution is -0.870. The van der Waals surface area contributed by atoms with Crippen molar-refractivity contribution < 1.29 is 21.7 Å². The van der Waals surface area contributed by atoms with Crippen LogP contribution in [0.1, 0.15) is 13.3 Å². The van der Waals surface area contributed by atoms with Crippen molar-refractivity contribution in [1.29, 1.82) is 0 Å². The van der Waals surface area contributed by atoms with Crippen LogP contribution in [-0.4, -0.2) is 45.0 Å². The van der Waals surface area contributed by atoms with Crippen LogP contribution < -0.4 is 17.7 Å². The minimum atomic E-state index is 0. The van der Waals surface area contributed by atoms with Gasteiger partial charge in [0.2, 0.25) is 0 Å². The largest absolute Gasteiger partial charge is 1.00 e. The van der Waals surface area contributed by atoms with Crippen LogP contribution in [0, 0.1) is 0 Å². The molecule has 0 radical (unpaired) electrons. The van der Waals surface area contributed by atoms with E-state index in [1.807, 2.05) is 0 Å². The summed E-state index contributed by atoms with van der Waals surface area (Å²) in [6, 6.07) is 0. The Morgan fingerprint density at radius 2 is 1.93 bits per heavy atom. The molecule has 0 aliphatic heterocycles. The molecule has 0 amide bonds. The van der Waals surface area contributed by atoms with Crippen LogP contribution in [0.3, 0.4) is 0 Å². The topological polar surface area (TPSA) is 29.1 Å². The van der Waals surface area contributed by atoms with Crippen molar-refractivity contribution in [2.24, 2.45) is 0 Å². The molecule has 0 aromatic carbocycles. The van der Waals surface area contributed by atoms with E-state index in [9.17, 15) is 4.79 Å². The fourth-order valence-electron chi connectivity index (χ4n) is 0.923. The van der Waals surface area contributed by atoms with E-state index >= 15 is 0 Å². The van der Waals surface area contributed by atoms with Gasteiger partial charge >= 0.3 is 0 Å². The first-order valence-electron chi connectivity index (χ1n) is 4.61. The molecule has 4 heteroatoms. The number of hydrogen-bond donors (Lipinski definition) is 1. The SMILES string of the molecule is CC(C=O)=CNCCC[N+](C)(C)C.[Cl-]. The molecule has 0 fully saturated rings. The molecule has 14 heavy (non-hydrogen) atoms. The Morgan fingerprint density at radius 3 is 2.36 bits per heavy atom. The smallest absolute Gasteiger partial charge is 0.147 e. The maximum atomic E-state index is 10.2. The minimum Gasteiger partial charge on any atom is -1.00 e. The molecule has 1 N–H and O–H groups in total. The number of rotatable bonds is 6. The van der Waals surface area contributed by atoms with Gasteiger partial charge in [-0.05, 0) is 6.92 Å². The number of carbonyl (C=O) groups is 1. The molecule has 0 aromatic rings. The van der Waals surface area contributed by atoms with Crippen molar-refractivity contribution in [3.05, 3.63) is 11.8 Å². The molecule has 0 aliphatic carbocycles. The van der Waals surface area contributed by atoms with Gasteiger partial charge in [-0.3, -0.25) is 4.79 Å². The molecule has 0 saturated carbocycles. The van der Waals surface area contributed by atoms with Gasteiger partial charge in [0.25, 0.3) is 0 Å². The molecule has 0 spiro atoms. The zero-order chi connectivity index (χ0) is 10.3. The van der Waals surface area contributed by atoms with Crippen LogP contribution in [0.5, 0.6) is 0 Å². The Balaban J connectivity index is 0. The van der Waals surface area contributed by atoms with E-state index in [0.29, 0.717) is 0 Å². The second kappa shape index (κ2) is 7.83. The van der Waals surface area contributed by atoms with E-state index in [-0.39, 0.29) is 12.4 Å². The predicted molar refractivity (Wildman–Crippen MR) is 55.3 cm³/mol. The number of allylic oxidation sites excluding steroid dienone is 1. The highest BCUT2D eigenvalue weighted by Crippen LogP contribution is 1.92. The van der Waals surface area contributed by atoms with Crippen LogP contribution in [0.4, 0.5) is 0 Å². The number of quaternary nitrogens is 1. The fraction of sp³-hybridized carbons (Fsp3) is 0.700. The van der Waals surface area contributed by atoms with Crippen LogP contribution in [0.25, 0.3) is 0 Å². The van der Waals surface area contributed by atoms with Gasteiger partial charge in [0.05, 0.1) is 27.7 Å². The van der Waals surface area contributed by atoms with Gasteiger partial charge < -0.3 is 22.2 Å². The lowest BCUT2D eigenvalue weighted by Crippen LogP contribution is -3.00. The summed E-state index contributed by atoms with van der Waals surface area (Å²) in [4.78, 5) is 10.2. The summed E-state index contributed by atoms with van der Waals surface area (Å²) in [6.07, 6.45) is 3.74. The number of nitrogens with zero attached hydrogens (tertiary/aromatic N) is 1. The average molecular weight is 221 g/mol. The van der Waals surface area contributed by atoms with E-state index in [1.165, 1.54) is 0 Å². The summed E-state index contributed by atoms with van der Waals surface area (Å²) < 4.78 is 0.984. The van der Waals surface area contributed by atoms with E-state index in [1.54, 1.807) is 13.1 Å². The first kappa shape index (κ1) is 15.9. The van der Waals surface area contributed by atoms with Crippen molar-refractivity contribution in [2.45, 2.75) is 13.3 Å². The Labute approximate surface area is 93.2 Å². The van der Waals surface area contributed by atoms with Crippen molar-refractivity contribution in [3.63, 3.8) is 0 Å². The van der Waals surface area contributed by atoms with E-state index in [4.69, 9.17) is 0 Å². The summed E-state index contributed by atoms with van der Waals surface area (Å²) in [6.45, 7) is 3.86. The molecule has 3 nitrogen and oxygen atoms in total. The van der Waals surface area contributed by atoms with Crippen molar-refractivity contribution in [2.75, 3.05) is 34.2 Å². The Bertz CT molecular complexity index is 185. The van der Waals surface area contributed by atoms with Crippen molar-refractivity contribution in [3.8, 4) is 0 Å². The van der Waals surface area contributed by atoms with E-state index in [2.05, 4.69) is 26.5 Å². The highest BCUT2D eigenvalue weighted by Gasteiger charge is 2.04. The standard InChI is InChI=1S/C10H20N2O.ClH/c1-10(9-13)8-11-6-5-7-12(2,3)4;/h8-9H,5-7H2,1-4H3;1H. The van der Waals surface area contributed by atoms with Crippen LogP contribution in [0.15, 0.2) is 11.8 Å². The van der Waals surface area contributed by atoms with Crippen LogP contribution in [-0.2, 0) is 4.79 Å². The average Bonchev–Trinajstić information content (AvgIpc) is 2.01. The normalized spacial score (nSPS) is 11.9. The molecule has 84 valence electrons. The van der Waals surface area contributed by atoms with E-state index in [0.717, 1.165) is 35.9 Å². The van der Waals surface area contributed by atoms with Gasteiger partial charge in [-0.2, -0.15) is 0 Å². The maximum absolute atomic E-state index is 10.2. The molecule has 0 heterocycles. The summed E-state index contributed by atoms with van der Waals surface area (Å²) in [5, 5.41) is 3.11. The predicted octanol–water partition coefficient (Wildman–Crippen LogP) is -2.22. The Hall–Kier alpha value is -0.540. The van der Waals surface area contributed by atoms with Crippen LogP contribution in [0.2, 0.25) is 0 Å². The van der Waals surface area contributed by atoms with Crippen molar-refractivity contribution in [1.82, 2.24) is 5.32 Å². The lowest BCUT2D eigenvalue weighted by Gasteiger charge is -2.23.